The fourth-order valence-electron chi connectivity index (χ4n) is 1.07. The van der Waals surface area contributed by atoms with Crippen LogP contribution in [0, 0.1) is 0 Å². The zero-order valence-electron chi connectivity index (χ0n) is 20.7. The van der Waals surface area contributed by atoms with E-state index in [1.807, 2.05) is 0 Å². The number of nitrogens with zero attached hydrogens (tertiary/aromatic N) is 2. The highest BCUT2D eigenvalue weighted by atomic mass is 35.5. The Balaban J connectivity index is -0.000000183. The Morgan fingerprint density at radius 1 is 0.677 bits per heavy atom. The normalized spacial score (nSPS) is 9.97. The Morgan fingerprint density at radius 2 is 0.903 bits per heavy atom. The van der Waals surface area contributed by atoms with E-state index in [1.165, 1.54) is 6.92 Å². The van der Waals surface area contributed by atoms with Crippen LogP contribution < -0.4 is 17.5 Å². The topological polar surface area (TPSA) is 92.7 Å². The fourth-order valence-corrected chi connectivity index (χ4v) is 1.07. The summed E-state index contributed by atoms with van der Waals surface area (Å²) in [6.45, 7) is 17.3. The molecule has 0 aliphatic rings. The van der Waals surface area contributed by atoms with Crippen molar-refractivity contribution >= 4 is 17.9 Å². The van der Waals surface area contributed by atoms with Gasteiger partial charge in [0.1, 0.15) is 26.3 Å². The van der Waals surface area contributed by atoms with Crippen molar-refractivity contribution in [2.75, 3.05) is 68.6 Å². The minimum atomic E-state index is -1.19. The van der Waals surface area contributed by atoms with Crippen LogP contribution in [-0.4, -0.2) is 95.5 Å². The van der Waals surface area contributed by atoms with Crippen molar-refractivity contribution in [3.63, 3.8) is 0 Å². The van der Waals surface area contributed by atoms with E-state index in [4.69, 9.17) is 9.47 Å². The molecule has 182 valence electrons. The molecule has 0 rings (SSSR count). The Kier molecular flexibility index (Phi) is 20.5. The van der Waals surface area contributed by atoms with Crippen LogP contribution >= 0.6 is 0 Å². The summed E-state index contributed by atoms with van der Waals surface area (Å²) in [6.07, 6.45) is 0. The predicted molar refractivity (Wildman–Crippen MR) is 117 cm³/mol. The summed E-state index contributed by atoms with van der Waals surface area (Å²) in [6, 6.07) is 0. The van der Waals surface area contributed by atoms with Crippen molar-refractivity contribution < 1.29 is 50.3 Å². The maximum atomic E-state index is 10.9. The van der Waals surface area contributed by atoms with E-state index in [-0.39, 0.29) is 29.9 Å². The monoisotopic (exact) mass is 464 g/mol. The number of rotatable bonds is 9. The summed E-state index contributed by atoms with van der Waals surface area (Å²) < 4.78 is 11.4. The number of halogens is 1. The molecule has 0 bridgehead atoms. The number of carboxylic acid groups (broad SMARTS) is 1. The van der Waals surface area contributed by atoms with E-state index < -0.39 is 5.97 Å². The van der Waals surface area contributed by atoms with Gasteiger partial charge in [-0.15, -0.1) is 0 Å². The number of aliphatic carboxylic acids is 1. The van der Waals surface area contributed by atoms with Gasteiger partial charge in [-0.25, -0.2) is 9.59 Å². The molecule has 0 amide bonds. The second-order valence-electron chi connectivity index (χ2n) is 8.93. The Morgan fingerprint density at radius 3 is 1.03 bits per heavy atom. The van der Waals surface area contributed by atoms with Gasteiger partial charge < -0.3 is 40.7 Å². The molecule has 0 atom stereocenters. The molecule has 31 heavy (non-hydrogen) atoms. The molecular weight excluding hydrogens is 424 g/mol. The van der Waals surface area contributed by atoms with E-state index in [9.17, 15) is 19.5 Å². The lowest BCUT2D eigenvalue weighted by Gasteiger charge is -2.23. The van der Waals surface area contributed by atoms with Crippen molar-refractivity contribution in [3.8, 4) is 0 Å². The third kappa shape index (κ3) is 32.7. The molecule has 0 radical (unpaired) electrons. The summed E-state index contributed by atoms with van der Waals surface area (Å²) in [7, 11) is 12.3. The van der Waals surface area contributed by atoms with Crippen molar-refractivity contribution in [2.45, 2.75) is 20.8 Å². The maximum absolute atomic E-state index is 10.9. The molecule has 0 aliphatic heterocycles. The molecule has 8 nitrogen and oxygen atoms in total. The van der Waals surface area contributed by atoms with Gasteiger partial charge in [-0.3, -0.25) is 0 Å². The third-order valence-electron chi connectivity index (χ3n) is 3.04. The lowest BCUT2D eigenvalue weighted by Crippen LogP contribution is -3.00. The molecule has 0 N–H and O–H groups in total. The molecule has 0 heterocycles. The highest BCUT2D eigenvalue weighted by Crippen LogP contribution is 1.95. The first-order valence-corrected chi connectivity index (χ1v) is 9.43. The lowest BCUT2D eigenvalue weighted by atomic mass is 10.4. The molecule has 0 saturated heterocycles. The first kappa shape index (κ1) is 36.2. The molecule has 0 spiro atoms. The Labute approximate surface area is 194 Å². The van der Waals surface area contributed by atoms with Crippen molar-refractivity contribution in [1.82, 2.24) is 0 Å². The largest absolute Gasteiger partial charge is 1.00 e. The first-order chi connectivity index (χ1) is 13.3. The second kappa shape index (κ2) is 17.5. The average molecular weight is 465 g/mol. The molecule has 0 aromatic carbocycles. The maximum Gasteiger partial charge on any atom is 0.333 e. The van der Waals surface area contributed by atoms with E-state index in [0.717, 1.165) is 22.1 Å². The van der Waals surface area contributed by atoms with Crippen molar-refractivity contribution in [3.05, 3.63) is 36.5 Å². The number of hydrogen-bond acceptors (Lipinski definition) is 6. The number of hydrogen-bond donors (Lipinski definition) is 0. The van der Waals surface area contributed by atoms with Crippen LogP contribution in [0.3, 0.4) is 0 Å². The van der Waals surface area contributed by atoms with Crippen LogP contribution in [0.2, 0.25) is 0 Å². The van der Waals surface area contributed by atoms with E-state index in [2.05, 4.69) is 62.0 Å². The van der Waals surface area contributed by atoms with Crippen LogP contribution in [0.1, 0.15) is 20.8 Å². The van der Waals surface area contributed by atoms with Gasteiger partial charge in [-0.05, 0) is 26.3 Å². The SMILES string of the molecule is C=C(C)C(=O)OCC[N+](C)(C)C.C=C(C)C(=O)OCC[N+](C)(C)C.C=C(C)C(=O)[O-].[Cl-]. The quantitative estimate of drug-likeness (QED) is 0.221. The summed E-state index contributed by atoms with van der Waals surface area (Å²) >= 11 is 0. The third-order valence-corrected chi connectivity index (χ3v) is 3.04. The van der Waals surface area contributed by atoms with Gasteiger partial charge in [0.05, 0.1) is 48.3 Å². The number of carboxylic acids is 1. The van der Waals surface area contributed by atoms with Crippen molar-refractivity contribution in [2.24, 2.45) is 0 Å². The van der Waals surface area contributed by atoms with E-state index in [1.54, 1.807) is 13.8 Å². The summed E-state index contributed by atoms with van der Waals surface area (Å²) in [5.41, 5.74) is 0.975. The van der Waals surface area contributed by atoms with E-state index in [0.29, 0.717) is 24.4 Å². The highest BCUT2D eigenvalue weighted by molar-refractivity contribution is 5.87. The number of carbonyl (C=O) groups is 3. The Bertz CT molecular complexity index is 562. The molecule has 0 aromatic rings. The minimum Gasteiger partial charge on any atom is -1.00 e. The average Bonchev–Trinajstić information content (AvgIpc) is 2.53. The van der Waals surface area contributed by atoms with Crippen LogP contribution in [0.5, 0.6) is 0 Å². The number of likely N-dealkylation sites (N-methyl/N-ethyl adjacent to an activating group) is 2. The van der Waals surface area contributed by atoms with Gasteiger partial charge in [0.2, 0.25) is 0 Å². The van der Waals surface area contributed by atoms with Crippen LogP contribution in [0.25, 0.3) is 0 Å². The van der Waals surface area contributed by atoms with Gasteiger partial charge in [0.15, 0.2) is 0 Å². The molecule has 0 unspecified atom stereocenters. The number of ether oxygens (including phenoxy) is 2. The van der Waals surface area contributed by atoms with Gasteiger partial charge in [-0.2, -0.15) is 0 Å². The lowest BCUT2D eigenvalue weighted by molar-refractivity contribution is -0.870. The standard InChI is InChI=1S/2C9H18NO2.C4H6O2.ClH/c2*1-8(2)9(11)12-7-6-10(3,4)5;1-3(2)4(5)6;/h2*1,6-7H2,2-5H3;1H2,2H3,(H,5,6);1H/q2*+1;;/p-2. The first-order valence-electron chi connectivity index (χ1n) is 9.43. The summed E-state index contributed by atoms with van der Waals surface area (Å²) in [5.74, 6) is -1.79. The molecular formula is C22H41ClN2O6. The number of quaternary nitrogens is 2. The summed E-state index contributed by atoms with van der Waals surface area (Å²) in [4.78, 5) is 31.3. The smallest absolute Gasteiger partial charge is 0.333 e. The van der Waals surface area contributed by atoms with E-state index >= 15 is 0 Å². The second-order valence-corrected chi connectivity index (χ2v) is 8.93. The molecule has 0 aliphatic carbocycles. The molecule has 0 saturated carbocycles. The molecule has 0 aromatic heterocycles. The van der Waals surface area contributed by atoms with Crippen LogP contribution in [-0.2, 0) is 23.9 Å². The highest BCUT2D eigenvalue weighted by Gasteiger charge is 2.10. The molecule has 9 heteroatoms. The fraction of sp³-hybridized carbons (Fsp3) is 0.591. The zero-order chi connectivity index (χ0) is 24.7. The van der Waals surface area contributed by atoms with Gasteiger partial charge in [0, 0.05) is 11.1 Å². The molecule has 0 fully saturated rings. The number of esters is 2. The zero-order valence-corrected chi connectivity index (χ0v) is 21.4. The van der Waals surface area contributed by atoms with Crippen LogP contribution in [0.4, 0.5) is 0 Å². The van der Waals surface area contributed by atoms with Crippen molar-refractivity contribution in [1.29, 1.82) is 0 Å². The Hall–Kier alpha value is -2.16. The van der Waals surface area contributed by atoms with Gasteiger partial charge in [-0.1, -0.05) is 19.7 Å². The summed E-state index contributed by atoms with van der Waals surface area (Å²) in [5, 5.41) is 9.49. The predicted octanol–water partition coefficient (Wildman–Crippen LogP) is -2.06. The van der Waals surface area contributed by atoms with Gasteiger partial charge in [0.25, 0.3) is 0 Å². The number of carbonyl (C=O) groups excluding carboxylic acids is 3. The minimum absolute atomic E-state index is 0. The van der Waals surface area contributed by atoms with Gasteiger partial charge >= 0.3 is 11.9 Å². The van der Waals surface area contributed by atoms with Crippen LogP contribution in [0.15, 0.2) is 36.5 Å².